The van der Waals surface area contributed by atoms with Crippen LogP contribution in [-0.4, -0.2) is 56.6 Å². The van der Waals surface area contributed by atoms with Crippen LogP contribution in [-0.2, 0) is 23.9 Å². The zero-order valence-electron chi connectivity index (χ0n) is 9.39. The molecule has 0 rings (SSSR count). The summed E-state index contributed by atoms with van der Waals surface area (Å²) in [6.45, 7) is 0.0390. The summed E-state index contributed by atoms with van der Waals surface area (Å²) in [5, 5.41) is 0. The Balaban J connectivity index is 4.20. The zero-order chi connectivity index (χ0) is 12.6. The lowest BCUT2D eigenvalue weighted by Gasteiger charge is -2.18. The van der Waals surface area contributed by atoms with Crippen molar-refractivity contribution in [2.75, 3.05) is 33.9 Å². The Morgan fingerprint density at radius 2 is 1.50 bits per heavy atom. The number of amides is 1. The third-order valence-electron chi connectivity index (χ3n) is 1.84. The van der Waals surface area contributed by atoms with Crippen molar-refractivity contribution in [1.82, 2.24) is 4.90 Å². The fourth-order valence-electron chi connectivity index (χ4n) is 0.977. The predicted octanol–water partition coefficient (Wildman–Crippen LogP) is -1.49. The van der Waals surface area contributed by atoms with Gasteiger partial charge < -0.3 is 15.2 Å². The summed E-state index contributed by atoms with van der Waals surface area (Å²) in [6.07, 6.45) is 0.0635. The normalized spacial score (nSPS) is 9.94. The van der Waals surface area contributed by atoms with Gasteiger partial charge in [0.25, 0.3) is 0 Å². The number of esters is 2. The molecule has 0 aliphatic carbocycles. The number of hydrogen-bond donors (Lipinski definition) is 1. The second-order valence-electron chi connectivity index (χ2n) is 3.08. The van der Waals surface area contributed by atoms with Crippen molar-refractivity contribution in [3.63, 3.8) is 0 Å². The lowest BCUT2D eigenvalue weighted by molar-refractivity contribution is -0.146. The number of rotatable bonds is 7. The number of ether oxygens (including phenoxy) is 2. The molecule has 0 fully saturated rings. The maximum absolute atomic E-state index is 11.0. The van der Waals surface area contributed by atoms with Gasteiger partial charge in [0.05, 0.1) is 27.3 Å². The van der Waals surface area contributed by atoms with Crippen LogP contribution in [0, 0.1) is 0 Å². The summed E-state index contributed by atoms with van der Waals surface area (Å²) in [6, 6.07) is 0. The Bertz CT molecular complexity index is 249. The molecular formula is C9H16N2O5. The van der Waals surface area contributed by atoms with Crippen LogP contribution in [0.3, 0.4) is 0 Å². The van der Waals surface area contributed by atoms with Crippen molar-refractivity contribution in [2.24, 2.45) is 5.73 Å². The predicted molar refractivity (Wildman–Crippen MR) is 54.3 cm³/mol. The molecule has 0 aromatic carbocycles. The van der Waals surface area contributed by atoms with Crippen molar-refractivity contribution >= 4 is 17.8 Å². The van der Waals surface area contributed by atoms with E-state index >= 15 is 0 Å². The summed E-state index contributed by atoms with van der Waals surface area (Å²) in [7, 11) is 2.49. The van der Waals surface area contributed by atoms with Crippen molar-refractivity contribution in [3.8, 4) is 0 Å². The summed E-state index contributed by atoms with van der Waals surface area (Å²) >= 11 is 0. The number of carbonyl (C=O) groups excluding carboxylic acids is 3. The lowest BCUT2D eigenvalue weighted by Crippen LogP contribution is -2.37. The molecular weight excluding hydrogens is 216 g/mol. The number of carbonyl (C=O) groups is 3. The fourth-order valence-corrected chi connectivity index (χ4v) is 0.977. The molecule has 7 heteroatoms. The number of methoxy groups -OCH3 is 2. The Morgan fingerprint density at radius 3 is 1.81 bits per heavy atom. The third-order valence-corrected chi connectivity index (χ3v) is 1.84. The van der Waals surface area contributed by atoms with Gasteiger partial charge in [0.1, 0.15) is 0 Å². The molecule has 0 aliphatic heterocycles. The summed E-state index contributed by atoms with van der Waals surface area (Å²) in [5.74, 6) is -1.48. The van der Waals surface area contributed by atoms with E-state index in [0.29, 0.717) is 0 Å². The number of nitrogens with two attached hydrogens (primary N) is 1. The van der Waals surface area contributed by atoms with E-state index in [0.717, 1.165) is 0 Å². The van der Waals surface area contributed by atoms with Gasteiger partial charge in [0.2, 0.25) is 5.91 Å². The first-order valence-corrected chi connectivity index (χ1v) is 4.64. The van der Waals surface area contributed by atoms with Crippen LogP contribution in [0.4, 0.5) is 0 Å². The highest BCUT2D eigenvalue weighted by molar-refractivity contribution is 5.76. The molecule has 0 aromatic rings. The summed E-state index contributed by atoms with van der Waals surface area (Å²) in [5.41, 5.74) is 4.97. The Hall–Kier alpha value is -1.63. The first-order chi connectivity index (χ1) is 7.49. The van der Waals surface area contributed by atoms with Crippen LogP contribution in [0.2, 0.25) is 0 Å². The van der Waals surface area contributed by atoms with Gasteiger partial charge in [-0.3, -0.25) is 19.3 Å². The summed E-state index contributed by atoms with van der Waals surface area (Å²) < 4.78 is 8.91. The molecule has 0 radical (unpaired) electrons. The second-order valence-corrected chi connectivity index (χ2v) is 3.08. The first kappa shape index (κ1) is 14.4. The molecule has 92 valence electrons. The highest BCUT2D eigenvalue weighted by atomic mass is 16.5. The fraction of sp³-hybridized carbons (Fsp3) is 0.667. The minimum Gasteiger partial charge on any atom is -0.468 e. The van der Waals surface area contributed by atoms with Gasteiger partial charge in [-0.25, -0.2) is 0 Å². The molecule has 0 unspecified atom stereocenters. The molecule has 7 nitrogen and oxygen atoms in total. The van der Waals surface area contributed by atoms with Crippen LogP contribution < -0.4 is 5.73 Å². The molecule has 1 amide bonds. The van der Waals surface area contributed by atoms with Crippen LogP contribution in [0.25, 0.3) is 0 Å². The van der Waals surface area contributed by atoms with E-state index in [1.165, 1.54) is 19.1 Å². The van der Waals surface area contributed by atoms with Crippen LogP contribution in [0.15, 0.2) is 0 Å². The molecule has 0 aromatic heterocycles. The standard InChI is InChI=1S/C9H16N2O5/c1-15-8(13)5-11(4-3-7(10)12)6-9(14)16-2/h3-6H2,1-2H3,(H2,10,12). The van der Waals surface area contributed by atoms with Crippen molar-refractivity contribution in [2.45, 2.75) is 6.42 Å². The Labute approximate surface area is 93.5 Å². The molecule has 0 aliphatic rings. The van der Waals surface area contributed by atoms with Gasteiger partial charge in [0, 0.05) is 13.0 Å². The monoisotopic (exact) mass is 232 g/mol. The van der Waals surface area contributed by atoms with Gasteiger partial charge >= 0.3 is 11.9 Å². The van der Waals surface area contributed by atoms with Crippen molar-refractivity contribution < 1.29 is 23.9 Å². The van der Waals surface area contributed by atoms with Gasteiger partial charge in [-0.05, 0) is 0 Å². The molecule has 2 N–H and O–H groups in total. The molecule has 0 saturated carbocycles. The molecule has 16 heavy (non-hydrogen) atoms. The van der Waals surface area contributed by atoms with Gasteiger partial charge in [-0.1, -0.05) is 0 Å². The molecule has 0 heterocycles. The van der Waals surface area contributed by atoms with Crippen molar-refractivity contribution in [3.05, 3.63) is 0 Å². The molecule has 0 atom stereocenters. The topological polar surface area (TPSA) is 98.9 Å². The second kappa shape index (κ2) is 7.63. The highest BCUT2D eigenvalue weighted by Crippen LogP contribution is 1.94. The molecule has 0 spiro atoms. The summed E-state index contributed by atoms with van der Waals surface area (Å²) in [4.78, 5) is 34.0. The quantitative estimate of drug-likeness (QED) is 0.537. The third kappa shape index (κ3) is 6.77. The SMILES string of the molecule is COC(=O)CN(CCC(N)=O)CC(=O)OC. The first-order valence-electron chi connectivity index (χ1n) is 4.64. The van der Waals surface area contributed by atoms with Crippen molar-refractivity contribution in [1.29, 1.82) is 0 Å². The van der Waals surface area contributed by atoms with E-state index < -0.39 is 17.8 Å². The van der Waals surface area contributed by atoms with Crippen LogP contribution >= 0.6 is 0 Å². The lowest BCUT2D eigenvalue weighted by atomic mass is 10.3. The van der Waals surface area contributed by atoms with Gasteiger partial charge in [-0.2, -0.15) is 0 Å². The largest absolute Gasteiger partial charge is 0.468 e. The van der Waals surface area contributed by atoms with E-state index in [4.69, 9.17) is 5.73 Å². The maximum Gasteiger partial charge on any atom is 0.319 e. The number of primary amides is 1. The van der Waals surface area contributed by atoms with Crippen LogP contribution in [0.1, 0.15) is 6.42 Å². The van der Waals surface area contributed by atoms with E-state index in [1.807, 2.05) is 0 Å². The molecule has 0 saturated heterocycles. The number of hydrogen-bond acceptors (Lipinski definition) is 6. The highest BCUT2D eigenvalue weighted by Gasteiger charge is 2.15. The minimum atomic E-state index is -0.500. The van der Waals surface area contributed by atoms with Crippen LogP contribution in [0.5, 0.6) is 0 Å². The van der Waals surface area contributed by atoms with E-state index in [1.54, 1.807) is 0 Å². The Morgan fingerprint density at radius 1 is 1.06 bits per heavy atom. The van der Waals surface area contributed by atoms with E-state index in [-0.39, 0.29) is 26.1 Å². The average Bonchev–Trinajstić information content (AvgIpc) is 2.25. The van der Waals surface area contributed by atoms with E-state index in [2.05, 4.69) is 9.47 Å². The maximum atomic E-state index is 11.0. The number of nitrogens with zero attached hydrogens (tertiary/aromatic N) is 1. The smallest absolute Gasteiger partial charge is 0.319 e. The van der Waals surface area contributed by atoms with Gasteiger partial charge in [-0.15, -0.1) is 0 Å². The Kier molecular flexibility index (Phi) is 6.86. The van der Waals surface area contributed by atoms with E-state index in [9.17, 15) is 14.4 Å². The molecule has 0 bridgehead atoms. The zero-order valence-corrected chi connectivity index (χ0v) is 9.39. The average molecular weight is 232 g/mol. The minimum absolute atomic E-state index is 0.0635. The van der Waals surface area contributed by atoms with Gasteiger partial charge in [0.15, 0.2) is 0 Å².